The maximum atomic E-state index is 11.4. The Balaban J connectivity index is 2.15. The van der Waals surface area contributed by atoms with E-state index in [1.54, 1.807) is 0 Å². The first-order chi connectivity index (χ1) is 8.45. The average Bonchev–Trinajstić information content (AvgIpc) is 2.35. The van der Waals surface area contributed by atoms with Crippen molar-refractivity contribution in [2.75, 3.05) is 16.8 Å². The standard InChI is InChI=1S/C13H16N2O2S/c1-11-2-4-12(5-3-11)15-13(10-14)6-8-18(16,17)9-7-13/h2-5,15H,6-9H2,1H3. The van der Waals surface area contributed by atoms with Crippen molar-refractivity contribution in [1.29, 1.82) is 5.26 Å². The van der Waals surface area contributed by atoms with E-state index in [4.69, 9.17) is 0 Å². The van der Waals surface area contributed by atoms with Gasteiger partial charge in [0.2, 0.25) is 0 Å². The molecule has 18 heavy (non-hydrogen) atoms. The first-order valence-corrected chi connectivity index (χ1v) is 7.73. The van der Waals surface area contributed by atoms with Crippen LogP contribution in [0.15, 0.2) is 24.3 Å². The van der Waals surface area contributed by atoms with Crippen LogP contribution >= 0.6 is 0 Å². The van der Waals surface area contributed by atoms with E-state index in [0.717, 1.165) is 11.3 Å². The number of nitrogens with zero attached hydrogens (tertiary/aromatic N) is 1. The second-order valence-corrected chi connectivity index (χ2v) is 7.14. The van der Waals surface area contributed by atoms with Crippen LogP contribution in [-0.2, 0) is 9.84 Å². The van der Waals surface area contributed by atoms with Crippen molar-refractivity contribution in [2.45, 2.75) is 25.3 Å². The molecule has 0 unspecified atom stereocenters. The Hall–Kier alpha value is -1.54. The molecule has 1 aliphatic rings. The second kappa shape index (κ2) is 4.62. The summed E-state index contributed by atoms with van der Waals surface area (Å²) in [6.07, 6.45) is 0.694. The van der Waals surface area contributed by atoms with E-state index < -0.39 is 15.4 Å². The third kappa shape index (κ3) is 2.82. The molecule has 1 aromatic carbocycles. The molecular weight excluding hydrogens is 248 g/mol. The van der Waals surface area contributed by atoms with Crippen molar-refractivity contribution in [3.8, 4) is 6.07 Å². The van der Waals surface area contributed by atoms with Gasteiger partial charge in [-0.15, -0.1) is 0 Å². The molecule has 2 rings (SSSR count). The van der Waals surface area contributed by atoms with Crippen molar-refractivity contribution >= 4 is 15.5 Å². The molecule has 0 bridgehead atoms. The summed E-state index contributed by atoms with van der Waals surface area (Å²) in [6, 6.07) is 10.0. The summed E-state index contributed by atoms with van der Waals surface area (Å²) in [5.41, 5.74) is 1.26. The molecule has 1 saturated heterocycles. The van der Waals surface area contributed by atoms with Gasteiger partial charge in [-0.1, -0.05) is 17.7 Å². The molecule has 96 valence electrons. The number of sulfone groups is 1. The molecule has 0 saturated carbocycles. The van der Waals surface area contributed by atoms with E-state index in [0.29, 0.717) is 12.8 Å². The largest absolute Gasteiger partial charge is 0.367 e. The van der Waals surface area contributed by atoms with Gasteiger partial charge in [-0.3, -0.25) is 0 Å². The molecule has 0 radical (unpaired) electrons. The summed E-state index contributed by atoms with van der Waals surface area (Å²) in [5, 5.41) is 12.5. The molecule has 1 aliphatic heterocycles. The van der Waals surface area contributed by atoms with Crippen LogP contribution in [0.5, 0.6) is 0 Å². The van der Waals surface area contributed by atoms with E-state index in [1.165, 1.54) is 0 Å². The molecule has 0 aliphatic carbocycles. The lowest BCUT2D eigenvalue weighted by Crippen LogP contribution is -2.44. The van der Waals surface area contributed by atoms with E-state index in [-0.39, 0.29) is 11.5 Å². The average molecular weight is 264 g/mol. The third-order valence-corrected chi connectivity index (χ3v) is 4.98. The zero-order valence-corrected chi connectivity index (χ0v) is 11.1. The van der Waals surface area contributed by atoms with Crippen LogP contribution in [0.2, 0.25) is 0 Å². The molecule has 5 heteroatoms. The van der Waals surface area contributed by atoms with Gasteiger partial charge in [-0.25, -0.2) is 8.42 Å². The van der Waals surface area contributed by atoms with Gasteiger partial charge >= 0.3 is 0 Å². The van der Waals surface area contributed by atoms with Gasteiger partial charge in [0.25, 0.3) is 0 Å². The fraction of sp³-hybridized carbons (Fsp3) is 0.462. The highest BCUT2D eigenvalue weighted by atomic mass is 32.2. The Bertz CT molecular complexity index is 556. The number of benzene rings is 1. The van der Waals surface area contributed by atoms with Crippen molar-refractivity contribution in [2.24, 2.45) is 0 Å². The van der Waals surface area contributed by atoms with Crippen molar-refractivity contribution in [3.63, 3.8) is 0 Å². The highest BCUT2D eigenvalue weighted by Crippen LogP contribution is 2.27. The lowest BCUT2D eigenvalue weighted by atomic mass is 9.93. The van der Waals surface area contributed by atoms with Gasteiger partial charge in [0, 0.05) is 5.69 Å². The Morgan fingerprint density at radius 1 is 1.22 bits per heavy atom. The minimum absolute atomic E-state index is 0.0828. The van der Waals surface area contributed by atoms with Crippen LogP contribution in [0.1, 0.15) is 18.4 Å². The summed E-state index contributed by atoms with van der Waals surface area (Å²) in [7, 11) is -2.95. The summed E-state index contributed by atoms with van der Waals surface area (Å²) in [4.78, 5) is 0. The van der Waals surface area contributed by atoms with Crippen LogP contribution in [-0.4, -0.2) is 25.5 Å². The summed E-state index contributed by atoms with van der Waals surface area (Å²) < 4.78 is 22.8. The van der Waals surface area contributed by atoms with E-state index in [9.17, 15) is 13.7 Å². The quantitative estimate of drug-likeness (QED) is 0.885. The highest BCUT2D eigenvalue weighted by molar-refractivity contribution is 7.91. The molecule has 0 aromatic heterocycles. The third-order valence-electron chi connectivity index (χ3n) is 3.33. The lowest BCUT2D eigenvalue weighted by Gasteiger charge is -2.32. The number of aryl methyl sites for hydroxylation is 1. The maximum Gasteiger partial charge on any atom is 0.150 e. The molecular formula is C13H16N2O2S. The van der Waals surface area contributed by atoms with Crippen LogP contribution in [0, 0.1) is 18.3 Å². The fourth-order valence-electron chi connectivity index (χ4n) is 2.06. The topological polar surface area (TPSA) is 70.0 Å². The molecule has 4 nitrogen and oxygen atoms in total. The van der Waals surface area contributed by atoms with E-state index in [2.05, 4.69) is 11.4 Å². The van der Waals surface area contributed by atoms with Gasteiger partial charge in [0.05, 0.1) is 17.6 Å². The van der Waals surface area contributed by atoms with Crippen molar-refractivity contribution in [3.05, 3.63) is 29.8 Å². The molecule has 1 fully saturated rings. The predicted molar refractivity (Wildman–Crippen MR) is 71.0 cm³/mol. The van der Waals surface area contributed by atoms with E-state index >= 15 is 0 Å². The lowest BCUT2D eigenvalue weighted by molar-refractivity contribution is 0.505. The normalized spacial score (nSPS) is 20.9. The van der Waals surface area contributed by atoms with Crippen molar-refractivity contribution in [1.82, 2.24) is 0 Å². The first kappa shape index (κ1) is 12.9. The first-order valence-electron chi connectivity index (χ1n) is 5.91. The molecule has 1 aromatic rings. The van der Waals surface area contributed by atoms with Gasteiger partial charge in [-0.2, -0.15) is 5.26 Å². The van der Waals surface area contributed by atoms with Gasteiger partial charge in [-0.05, 0) is 31.9 Å². The molecule has 0 spiro atoms. The minimum atomic E-state index is -2.95. The predicted octanol–water partition coefficient (Wildman–Crippen LogP) is 1.88. The van der Waals surface area contributed by atoms with Gasteiger partial charge in [0.15, 0.2) is 9.84 Å². The number of rotatable bonds is 2. The number of hydrogen-bond donors (Lipinski definition) is 1. The smallest absolute Gasteiger partial charge is 0.150 e. The monoisotopic (exact) mass is 264 g/mol. The fourth-order valence-corrected chi connectivity index (χ4v) is 3.59. The Morgan fingerprint density at radius 2 is 1.78 bits per heavy atom. The number of anilines is 1. The molecule has 0 atom stereocenters. The molecule has 0 amide bonds. The van der Waals surface area contributed by atoms with Crippen LogP contribution in [0.3, 0.4) is 0 Å². The Labute approximate surface area is 108 Å². The highest BCUT2D eigenvalue weighted by Gasteiger charge is 2.37. The molecule has 1 heterocycles. The number of nitriles is 1. The Morgan fingerprint density at radius 3 is 2.28 bits per heavy atom. The van der Waals surface area contributed by atoms with Gasteiger partial charge in [0.1, 0.15) is 5.54 Å². The zero-order valence-electron chi connectivity index (χ0n) is 10.3. The zero-order chi connectivity index (χ0) is 13.2. The van der Waals surface area contributed by atoms with Crippen LogP contribution < -0.4 is 5.32 Å². The Kier molecular flexibility index (Phi) is 3.31. The van der Waals surface area contributed by atoms with Crippen molar-refractivity contribution < 1.29 is 8.42 Å². The van der Waals surface area contributed by atoms with Crippen LogP contribution in [0.25, 0.3) is 0 Å². The number of hydrogen-bond acceptors (Lipinski definition) is 4. The number of nitrogens with one attached hydrogen (secondary N) is 1. The summed E-state index contributed by atoms with van der Waals surface area (Å²) >= 11 is 0. The molecule has 1 N–H and O–H groups in total. The summed E-state index contributed by atoms with van der Waals surface area (Å²) in [5.74, 6) is 0.166. The summed E-state index contributed by atoms with van der Waals surface area (Å²) in [6.45, 7) is 2.00. The maximum absolute atomic E-state index is 11.4. The SMILES string of the molecule is Cc1ccc(NC2(C#N)CCS(=O)(=O)CC2)cc1. The van der Waals surface area contributed by atoms with E-state index in [1.807, 2.05) is 31.2 Å². The van der Waals surface area contributed by atoms with Gasteiger partial charge < -0.3 is 5.32 Å². The van der Waals surface area contributed by atoms with Crippen LogP contribution in [0.4, 0.5) is 5.69 Å². The minimum Gasteiger partial charge on any atom is -0.367 e. The second-order valence-electron chi connectivity index (χ2n) is 4.84.